The molecule has 1 N–H and O–H groups in total. The number of aliphatic hydroxyl groups excluding tert-OH is 1. The van der Waals surface area contributed by atoms with Gasteiger partial charge in [0.1, 0.15) is 0 Å². The lowest BCUT2D eigenvalue weighted by Gasteiger charge is -2.35. The molecule has 0 amide bonds. The fourth-order valence-electron chi connectivity index (χ4n) is 1.98. The van der Waals surface area contributed by atoms with E-state index >= 15 is 0 Å². The molecule has 0 unspecified atom stereocenters. The lowest BCUT2D eigenvalue weighted by Crippen LogP contribution is -2.43. The van der Waals surface area contributed by atoms with Gasteiger partial charge in [-0.2, -0.15) is 0 Å². The molecule has 1 aliphatic rings. The minimum atomic E-state index is 0.340. The van der Waals surface area contributed by atoms with E-state index in [0.717, 1.165) is 12.5 Å². The van der Waals surface area contributed by atoms with Crippen molar-refractivity contribution in [3.05, 3.63) is 0 Å². The van der Waals surface area contributed by atoms with Crippen molar-refractivity contribution >= 4 is 0 Å². The number of hydrogen-bond acceptors (Lipinski definition) is 2. The second kappa shape index (κ2) is 4.83. The van der Waals surface area contributed by atoms with Crippen LogP contribution in [0, 0.1) is 5.92 Å². The van der Waals surface area contributed by atoms with Crippen LogP contribution in [0.25, 0.3) is 0 Å². The Morgan fingerprint density at radius 2 is 2.17 bits per heavy atom. The third kappa shape index (κ3) is 2.76. The van der Waals surface area contributed by atoms with Crippen LogP contribution in [0.2, 0.25) is 0 Å². The lowest BCUT2D eigenvalue weighted by molar-refractivity contribution is 0.0804. The smallest absolute Gasteiger partial charge is 0.0586 e. The van der Waals surface area contributed by atoms with Crippen molar-refractivity contribution in [3.63, 3.8) is 0 Å². The van der Waals surface area contributed by atoms with Gasteiger partial charge in [-0.3, -0.25) is 4.90 Å². The zero-order valence-corrected chi connectivity index (χ0v) is 8.29. The van der Waals surface area contributed by atoms with Crippen molar-refractivity contribution in [2.45, 2.75) is 39.2 Å². The summed E-state index contributed by atoms with van der Waals surface area (Å²) in [6, 6.07) is 0.446. The first-order valence-corrected chi connectivity index (χ1v) is 5.09. The largest absolute Gasteiger partial charge is 0.395 e. The van der Waals surface area contributed by atoms with Gasteiger partial charge in [0.2, 0.25) is 0 Å². The average Bonchev–Trinajstić information content (AvgIpc) is 2.04. The Morgan fingerprint density at radius 3 is 2.75 bits per heavy atom. The Balaban J connectivity index is 2.36. The van der Waals surface area contributed by atoms with E-state index < -0.39 is 0 Å². The van der Waals surface area contributed by atoms with Crippen molar-refractivity contribution in [3.8, 4) is 0 Å². The Hall–Kier alpha value is -0.0800. The molecular weight excluding hydrogens is 150 g/mol. The van der Waals surface area contributed by atoms with E-state index in [1.54, 1.807) is 0 Å². The summed E-state index contributed by atoms with van der Waals surface area (Å²) in [5, 5.41) is 9.13. The van der Waals surface area contributed by atoms with Crippen molar-refractivity contribution in [1.82, 2.24) is 4.90 Å². The summed E-state index contributed by atoms with van der Waals surface area (Å²) in [4.78, 5) is 2.44. The van der Waals surface area contributed by atoms with Crippen molar-refractivity contribution < 1.29 is 5.11 Å². The van der Waals surface area contributed by atoms with Crippen LogP contribution in [0.4, 0.5) is 0 Å². The molecule has 1 heterocycles. The molecule has 0 saturated carbocycles. The predicted octanol–water partition coefficient (Wildman–Crippen LogP) is 1.49. The lowest BCUT2D eigenvalue weighted by atomic mass is 10.0. The molecule has 0 spiro atoms. The molecule has 1 atom stereocenters. The Bertz CT molecular complexity index is 125. The van der Waals surface area contributed by atoms with E-state index in [9.17, 15) is 0 Å². The monoisotopic (exact) mass is 171 g/mol. The van der Waals surface area contributed by atoms with Gasteiger partial charge in [0, 0.05) is 12.6 Å². The molecular formula is C10H21NO. The van der Waals surface area contributed by atoms with Crippen LogP contribution in [-0.4, -0.2) is 35.7 Å². The van der Waals surface area contributed by atoms with E-state index in [4.69, 9.17) is 5.11 Å². The Labute approximate surface area is 75.6 Å². The number of hydrogen-bond donors (Lipinski definition) is 1. The van der Waals surface area contributed by atoms with E-state index in [2.05, 4.69) is 18.7 Å². The molecule has 1 fully saturated rings. The highest BCUT2D eigenvalue weighted by atomic mass is 16.3. The number of piperidine rings is 1. The van der Waals surface area contributed by atoms with Gasteiger partial charge in [-0.1, -0.05) is 20.3 Å². The van der Waals surface area contributed by atoms with Gasteiger partial charge in [0.05, 0.1) is 6.61 Å². The van der Waals surface area contributed by atoms with Crippen molar-refractivity contribution in [2.24, 2.45) is 5.92 Å². The summed E-state index contributed by atoms with van der Waals surface area (Å²) in [5.41, 5.74) is 0. The summed E-state index contributed by atoms with van der Waals surface area (Å²) in [6.07, 6.45) is 3.78. The highest BCUT2D eigenvalue weighted by Gasteiger charge is 2.21. The van der Waals surface area contributed by atoms with Gasteiger partial charge in [-0.05, 0) is 25.3 Å². The third-order valence-electron chi connectivity index (χ3n) is 2.56. The highest BCUT2D eigenvalue weighted by Crippen LogP contribution is 2.17. The SMILES string of the molecule is CC(C)CN1CCCC[C@H]1CO. The van der Waals surface area contributed by atoms with Crippen LogP contribution in [0.1, 0.15) is 33.1 Å². The molecule has 1 aliphatic heterocycles. The normalized spacial score (nSPS) is 26.5. The van der Waals surface area contributed by atoms with E-state index in [0.29, 0.717) is 12.6 Å². The van der Waals surface area contributed by atoms with Gasteiger partial charge < -0.3 is 5.11 Å². The van der Waals surface area contributed by atoms with E-state index in [1.165, 1.54) is 25.8 Å². The topological polar surface area (TPSA) is 23.5 Å². The highest BCUT2D eigenvalue weighted by molar-refractivity contribution is 4.76. The first-order valence-electron chi connectivity index (χ1n) is 5.09. The van der Waals surface area contributed by atoms with Crippen LogP contribution in [0.3, 0.4) is 0 Å². The molecule has 0 aromatic heterocycles. The zero-order chi connectivity index (χ0) is 8.97. The molecule has 2 heteroatoms. The Morgan fingerprint density at radius 1 is 1.42 bits per heavy atom. The molecule has 1 rings (SSSR count). The maximum absolute atomic E-state index is 9.13. The van der Waals surface area contributed by atoms with Crippen LogP contribution in [-0.2, 0) is 0 Å². The Kier molecular flexibility index (Phi) is 4.02. The van der Waals surface area contributed by atoms with Gasteiger partial charge in [-0.15, -0.1) is 0 Å². The standard InChI is InChI=1S/C10H21NO/c1-9(2)7-11-6-4-3-5-10(11)8-12/h9-10,12H,3-8H2,1-2H3/t10-/m0/s1. The van der Waals surface area contributed by atoms with Crippen molar-refractivity contribution in [2.75, 3.05) is 19.7 Å². The average molecular weight is 171 g/mol. The second-order valence-electron chi connectivity index (χ2n) is 4.22. The molecule has 72 valence electrons. The number of nitrogens with zero attached hydrogens (tertiary/aromatic N) is 1. The minimum absolute atomic E-state index is 0.340. The predicted molar refractivity (Wildman–Crippen MR) is 51.1 cm³/mol. The number of aliphatic hydroxyl groups is 1. The van der Waals surface area contributed by atoms with Crippen LogP contribution >= 0.6 is 0 Å². The molecule has 0 aromatic carbocycles. The van der Waals surface area contributed by atoms with E-state index in [-0.39, 0.29) is 0 Å². The maximum atomic E-state index is 9.13. The molecule has 0 bridgehead atoms. The first kappa shape index (κ1) is 10.0. The zero-order valence-electron chi connectivity index (χ0n) is 8.29. The molecule has 2 nitrogen and oxygen atoms in total. The molecule has 1 saturated heterocycles. The first-order chi connectivity index (χ1) is 5.74. The maximum Gasteiger partial charge on any atom is 0.0586 e. The van der Waals surface area contributed by atoms with Crippen LogP contribution in [0.15, 0.2) is 0 Å². The summed E-state index contributed by atoms with van der Waals surface area (Å²) < 4.78 is 0. The summed E-state index contributed by atoms with van der Waals surface area (Å²) in [5.74, 6) is 0.720. The molecule has 12 heavy (non-hydrogen) atoms. The summed E-state index contributed by atoms with van der Waals surface area (Å²) in [6.45, 7) is 7.15. The van der Waals surface area contributed by atoms with Gasteiger partial charge >= 0.3 is 0 Å². The number of likely N-dealkylation sites (tertiary alicyclic amines) is 1. The van der Waals surface area contributed by atoms with Crippen LogP contribution < -0.4 is 0 Å². The molecule has 0 radical (unpaired) electrons. The van der Waals surface area contributed by atoms with Gasteiger partial charge in [-0.25, -0.2) is 0 Å². The summed E-state index contributed by atoms with van der Waals surface area (Å²) in [7, 11) is 0. The minimum Gasteiger partial charge on any atom is -0.395 e. The number of rotatable bonds is 3. The third-order valence-corrected chi connectivity index (χ3v) is 2.56. The van der Waals surface area contributed by atoms with Crippen LogP contribution in [0.5, 0.6) is 0 Å². The quantitative estimate of drug-likeness (QED) is 0.695. The van der Waals surface area contributed by atoms with E-state index in [1.807, 2.05) is 0 Å². The summed E-state index contributed by atoms with van der Waals surface area (Å²) >= 11 is 0. The molecule has 0 aliphatic carbocycles. The van der Waals surface area contributed by atoms with Gasteiger partial charge in [0.15, 0.2) is 0 Å². The second-order valence-corrected chi connectivity index (χ2v) is 4.22. The molecule has 0 aromatic rings. The van der Waals surface area contributed by atoms with Crippen molar-refractivity contribution in [1.29, 1.82) is 0 Å². The van der Waals surface area contributed by atoms with Gasteiger partial charge in [0.25, 0.3) is 0 Å². The fourth-order valence-corrected chi connectivity index (χ4v) is 1.98. The fraction of sp³-hybridized carbons (Fsp3) is 1.00.